The first-order valence-corrected chi connectivity index (χ1v) is 9.16. The average Bonchev–Trinajstić information content (AvgIpc) is 2.76. The summed E-state index contributed by atoms with van der Waals surface area (Å²) in [5.74, 6) is 2.02. The first-order chi connectivity index (χ1) is 9.70. The minimum Gasteiger partial charge on any atom is -0.356 e. The maximum atomic E-state index is 4.59. The predicted octanol–water partition coefficient (Wildman–Crippen LogP) is 4.31. The maximum Gasteiger partial charge on any atom is 0.141 e. The SMILES string of the molecule is Cc1sc2ncnc(N3CCC(CCBr)CC3)c2c1C. The van der Waals surface area contributed by atoms with Gasteiger partial charge >= 0.3 is 0 Å². The smallest absolute Gasteiger partial charge is 0.141 e. The Kier molecular flexibility index (Phi) is 4.26. The summed E-state index contributed by atoms with van der Waals surface area (Å²) in [6, 6.07) is 0. The van der Waals surface area contributed by atoms with Crippen LogP contribution in [-0.2, 0) is 0 Å². The molecule has 0 amide bonds. The molecule has 0 unspecified atom stereocenters. The molecular formula is C15H20BrN3S. The van der Waals surface area contributed by atoms with Crippen LogP contribution in [0.1, 0.15) is 29.7 Å². The van der Waals surface area contributed by atoms with E-state index in [1.165, 1.54) is 35.1 Å². The molecule has 0 N–H and O–H groups in total. The minimum atomic E-state index is 0.869. The van der Waals surface area contributed by atoms with Gasteiger partial charge in [-0.3, -0.25) is 0 Å². The number of hydrogen-bond acceptors (Lipinski definition) is 4. The van der Waals surface area contributed by atoms with Crippen LogP contribution in [0.15, 0.2) is 6.33 Å². The lowest BCUT2D eigenvalue weighted by Crippen LogP contribution is -2.34. The van der Waals surface area contributed by atoms with Crippen molar-refractivity contribution in [1.82, 2.24) is 9.97 Å². The Bertz CT molecular complexity index is 602. The quantitative estimate of drug-likeness (QED) is 0.769. The molecule has 108 valence electrons. The van der Waals surface area contributed by atoms with Crippen LogP contribution >= 0.6 is 27.3 Å². The second-order valence-electron chi connectivity index (χ2n) is 5.57. The largest absolute Gasteiger partial charge is 0.356 e. The normalized spacial score (nSPS) is 17.1. The third-order valence-corrected chi connectivity index (χ3v) is 5.95. The molecule has 0 spiro atoms. The zero-order valence-corrected chi connectivity index (χ0v) is 14.4. The van der Waals surface area contributed by atoms with Crippen LogP contribution in [0, 0.1) is 19.8 Å². The summed E-state index contributed by atoms with van der Waals surface area (Å²) in [6.45, 7) is 6.61. The van der Waals surface area contributed by atoms with Gasteiger partial charge in [0.1, 0.15) is 17.0 Å². The molecule has 1 fully saturated rings. The third-order valence-electron chi connectivity index (χ3n) is 4.38. The summed E-state index contributed by atoms with van der Waals surface area (Å²) in [5.41, 5.74) is 1.35. The molecule has 1 saturated heterocycles. The lowest BCUT2D eigenvalue weighted by atomic mass is 9.94. The average molecular weight is 354 g/mol. The predicted molar refractivity (Wildman–Crippen MR) is 90.2 cm³/mol. The van der Waals surface area contributed by atoms with Crippen LogP contribution in [0.3, 0.4) is 0 Å². The van der Waals surface area contributed by atoms with E-state index in [0.717, 1.165) is 35.0 Å². The van der Waals surface area contributed by atoms with E-state index in [1.54, 1.807) is 17.7 Å². The van der Waals surface area contributed by atoms with E-state index in [4.69, 9.17) is 0 Å². The molecule has 2 aromatic heterocycles. The number of fused-ring (bicyclic) bond motifs is 1. The summed E-state index contributed by atoms with van der Waals surface area (Å²) in [5, 5.41) is 2.40. The summed E-state index contributed by atoms with van der Waals surface area (Å²) in [7, 11) is 0. The van der Waals surface area contributed by atoms with E-state index in [-0.39, 0.29) is 0 Å². The van der Waals surface area contributed by atoms with E-state index in [9.17, 15) is 0 Å². The molecule has 0 bridgehead atoms. The van der Waals surface area contributed by atoms with Crippen LogP contribution in [0.2, 0.25) is 0 Å². The van der Waals surface area contributed by atoms with Gasteiger partial charge < -0.3 is 4.90 Å². The Labute approximate surface area is 132 Å². The lowest BCUT2D eigenvalue weighted by Gasteiger charge is -2.33. The van der Waals surface area contributed by atoms with Gasteiger partial charge in [0, 0.05) is 23.3 Å². The monoisotopic (exact) mass is 353 g/mol. The second kappa shape index (κ2) is 5.98. The third kappa shape index (κ3) is 2.58. The summed E-state index contributed by atoms with van der Waals surface area (Å²) in [6.07, 6.45) is 5.57. The molecular weight excluding hydrogens is 334 g/mol. The Balaban J connectivity index is 1.88. The number of aromatic nitrogens is 2. The zero-order chi connectivity index (χ0) is 14.1. The first-order valence-electron chi connectivity index (χ1n) is 7.22. The van der Waals surface area contributed by atoms with Crippen molar-refractivity contribution in [2.75, 3.05) is 23.3 Å². The van der Waals surface area contributed by atoms with Gasteiger partial charge in [-0.05, 0) is 44.6 Å². The van der Waals surface area contributed by atoms with E-state index in [2.05, 4.69) is 44.6 Å². The highest BCUT2D eigenvalue weighted by Gasteiger charge is 2.22. The van der Waals surface area contributed by atoms with Crippen molar-refractivity contribution < 1.29 is 0 Å². The van der Waals surface area contributed by atoms with Crippen molar-refractivity contribution in [1.29, 1.82) is 0 Å². The Morgan fingerprint density at radius 1 is 1.30 bits per heavy atom. The molecule has 2 aromatic rings. The van der Waals surface area contributed by atoms with Gasteiger partial charge in [0.15, 0.2) is 0 Å². The number of rotatable bonds is 3. The van der Waals surface area contributed by atoms with E-state index < -0.39 is 0 Å². The number of thiophene rings is 1. The molecule has 3 nitrogen and oxygen atoms in total. The van der Waals surface area contributed by atoms with E-state index >= 15 is 0 Å². The van der Waals surface area contributed by atoms with Crippen molar-refractivity contribution in [3.05, 3.63) is 16.8 Å². The van der Waals surface area contributed by atoms with Crippen LogP contribution in [-0.4, -0.2) is 28.4 Å². The van der Waals surface area contributed by atoms with Gasteiger partial charge in [0.25, 0.3) is 0 Å². The minimum absolute atomic E-state index is 0.869. The van der Waals surface area contributed by atoms with Crippen LogP contribution in [0.5, 0.6) is 0 Å². The van der Waals surface area contributed by atoms with E-state index in [0.29, 0.717) is 0 Å². The molecule has 3 rings (SSSR count). The lowest BCUT2D eigenvalue weighted by molar-refractivity contribution is 0.397. The number of piperidine rings is 1. The second-order valence-corrected chi connectivity index (χ2v) is 7.56. The Morgan fingerprint density at radius 2 is 2.05 bits per heavy atom. The number of nitrogens with zero attached hydrogens (tertiary/aromatic N) is 3. The Morgan fingerprint density at radius 3 is 2.75 bits per heavy atom. The zero-order valence-electron chi connectivity index (χ0n) is 12.0. The molecule has 0 aromatic carbocycles. The van der Waals surface area contributed by atoms with Gasteiger partial charge in [-0.1, -0.05) is 15.9 Å². The van der Waals surface area contributed by atoms with Gasteiger partial charge in [0.2, 0.25) is 0 Å². The van der Waals surface area contributed by atoms with Crippen LogP contribution < -0.4 is 4.90 Å². The molecule has 0 saturated carbocycles. The number of halogens is 1. The topological polar surface area (TPSA) is 29.0 Å². The van der Waals surface area contributed by atoms with Crippen molar-refractivity contribution in [2.45, 2.75) is 33.1 Å². The maximum absolute atomic E-state index is 4.59. The molecule has 5 heteroatoms. The fourth-order valence-corrected chi connectivity index (χ4v) is 4.63. The van der Waals surface area contributed by atoms with Gasteiger partial charge in [-0.15, -0.1) is 11.3 Å². The molecule has 0 aliphatic carbocycles. The highest BCUT2D eigenvalue weighted by Crippen LogP contribution is 2.35. The van der Waals surface area contributed by atoms with Gasteiger partial charge in [0.05, 0.1) is 5.39 Å². The Hall–Kier alpha value is -0.680. The molecule has 1 aliphatic heterocycles. The number of anilines is 1. The van der Waals surface area contributed by atoms with Gasteiger partial charge in [-0.25, -0.2) is 9.97 Å². The van der Waals surface area contributed by atoms with Crippen LogP contribution in [0.25, 0.3) is 10.2 Å². The van der Waals surface area contributed by atoms with Crippen molar-refractivity contribution in [3.8, 4) is 0 Å². The highest BCUT2D eigenvalue weighted by molar-refractivity contribution is 9.09. The molecule has 20 heavy (non-hydrogen) atoms. The number of hydrogen-bond donors (Lipinski definition) is 0. The molecule has 0 radical (unpaired) electrons. The summed E-state index contributed by atoms with van der Waals surface area (Å²) in [4.78, 5) is 14.0. The molecule has 3 heterocycles. The molecule has 1 aliphatic rings. The number of alkyl halides is 1. The first kappa shape index (κ1) is 14.3. The fraction of sp³-hybridized carbons (Fsp3) is 0.600. The summed E-state index contributed by atoms with van der Waals surface area (Å²) >= 11 is 5.34. The fourth-order valence-electron chi connectivity index (χ4n) is 2.99. The summed E-state index contributed by atoms with van der Waals surface area (Å²) < 4.78 is 0. The highest BCUT2D eigenvalue weighted by atomic mass is 79.9. The van der Waals surface area contributed by atoms with Crippen molar-refractivity contribution in [2.24, 2.45) is 5.92 Å². The van der Waals surface area contributed by atoms with Gasteiger partial charge in [-0.2, -0.15) is 0 Å². The standard InChI is InChI=1S/C15H20BrN3S/c1-10-11(2)20-15-13(10)14(17-9-18-15)19-7-4-12(3-6-16)5-8-19/h9,12H,3-8H2,1-2H3. The van der Waals surface area contributed by atoms with Crippen molar-refractivity contribution in [3.63, 3.8) is 0 Å². The van der Waals surface area contributed by atoms with E-state index in [1.807, 2.05) is 0 Å². The molecule has 0 atom stereocenters. The van der Waals surface area contributed by atoms with Crippen molar-refractivity contribution >= 4 is 43.3 Å². The number of aryl methyl sites for hydroxylation is 2. The van der Waals surface area contributed by atoms with Crippen LogP contribution in [0.4, 0.5) is 5.82 Å².